The Morgan fingerprint density at radius 3 is 2.44 bits per heavy atom. The first kappa shape index (κ1) is 11.7. The predicted octanol–water partition coefficient (Wildman–Crippen LogP) is 0.742. The molecule has 1 saturated carbocycles. The lowest BCUT2D eigenvalue weighted by molar-refractivity contribution is -0.116. The highest BCUT2D eigenvalue weighted by Gasteiger charge is 2.51. The molecular formula is C14H18N2O2. The number of β-amino-alcohol motifs (C(OH)–C–C–N with tert-alkyl or cyclic N) is 1. The summed E-state index contributed by atoms with van der Waals surface area (Å²) >= 11 is 0. The molecule has 2 fully saturated rings. The zero-order chi connectivity index (χ0) is 12.8. The monoisotopic (exact) mass is 246 g/mol. The van der Waals surface area contributed by atoms with Crippen LogP contribution in [0.15, 0.2) is 24.3 Å². The van der Waals surface area contributed by atoms with E-state index in [9.17, 15) is 9.90 Å². The number of amides is 1. The van der Waals surface area contributed by atoms with E-state index < -0.39 is 11.5 Å². The molecule has 3 N–H and O–H groups in total. The lowest BCUT2D eigenvalue weighted by Crippen LogP contribution is -2.62. The van der Waals surface area contributed by atoms with Crippen LogP contribution in [0.2, 0.25) is 0 Å². The van der Waals surface area contributed by atoms with Crippen LogP contribution >= 0.6 is 0 Å². The van der Waals surface area contributed by atoms with Crippen molar-refractivity contribution in [3.8, 4) is 0 Å². The topological polar surface area (TPSA) is 66.6 Å². The van der Waals surface area contributed by atoms with E-state index in [-0.39, 0.29) is 0 Å². The predicted molar refractivity (Wildman–Crippen MR) is 67.9 cm³/mol. The van der Waals surface area contributed by atoms with Gasteiger partial charge in [-0.2, -0.15) is 0 Å². The molecule has 18 heavy (non-hydrogen) atoms. The third-order valence-electron chi connectivity index (χ3n) is 3.98. The Morgan fingerprint density at radius 2 is 1.94 bits per heavy atom. The summed E-state index contributed by atoms with van der Waals surface area (Å²) in [5, 5.41) is 10.2. The molecule has 3 rings (SSSR count). The zero-order valence-electron chi connectivity index (χ0n) is 10.3. The molecule has 0 bridgehead atoms. The van der Waals surface area contributed by atoms with Crippen LogP contribution in [0.5, 0.6) is 0 Å². The van der Waals surface area contributed by atoms with Gasteiger partial charge in [0, 0.05) is 25.2 Å². The first-order valence-electron chi connectivity index (χ1n) is 6.40. The van der Waals surface area contributed by atoms with E-state index in [1.807, 2.05) is 12.1 Å². The van der Waals surface area contributed by atoms with Gasteiger partial charge in [0.2, 0.25) is 5.91 Å². The van der Waals surface area contributed by atoms with E-state index in [1.165, 1.54) is 12.8 Å². The van der Waals surface area contributed by atoms with E-state index in [2.05, 4.69) is 4.90 Å². The molecule has 0 unspecified atom stereocenters. The number of carbonyl (C=O) groups excluding carboxylic acids is 1. The maximum Gasteiger partial charge on any atom is 0.248 e. The molecule has 1 aromatic rings. The van der Waals surface area contributed by atoms with Crippen molar-refractivity contribution >= 4 is 5.91 Å². The maximum absolute atomic E-state index is 10.9. The number of likely N-dealkylation sites (tertiary alicyclic amines) is 1. The van der Waals surface area contributed by atoms with Crippen molar-refractivity contribution in [3.63, 3.8) is 0 Å². The number of nitrogens with zero attached hydrogens (tertiary/aromatic N) is 1. The SMILES string of the molecule is NC(=O)c1ccc(CN2CC(O)(C3CC3)C2)cc1. The van der Waals surface area contributed by atoms with Crippen molar-refractivity contribution in [1.82, 2.24) is 4.90 Å². The number of rotatable bonds is 4. The van der Waals surface area contributed by atoms with Crippen LogP contribution in [0.3, 0.4) is 0 Å². The van der Waals surface area contributed by atoms with E-state index in [1.54, 1.807) is 12.1 Å². The van der Waals surface area contributed by atoms with Gasteiger partial charge in [0.1, 0.15) is 0 Å². The summed E-state index contributed by atoms with van der Waals surface area (Å²) in [5.41, 5.74) is 6.46. The fraction of sp³-hybridized carbons (Fsp3) is 0.500. The largest absolute Gasteiger partial charge is 0.387 e. The van der Waals surface area contributed by atoms with E-state index in [0.717, 1.165) is 25.2 Å². The number of benzene rings is 1. The molecule has 0 spiro atoms. The summed E-state index contributed by atoms with van der Waals surface area (Å²) in [7, 11) is 0. The number of hydrogen-bond acceptors (Lipinski definition) is 3. The molecule has 4 heteroatoms. The minimum Gasteiger partial charge on any atom is -0.387 e. The van der Waals surface area contributed by atoms with Crippen molar-refractivity contribution in [2.45, 2.75) is 25.0 Å². The Hall–Kier alpha value is -1.39. The lowest BCUT2D eigenvalue weighted by Gasteiger charge is -2.47. The summed E-state index contributed by atoms with van der Waals surface area (Å²) in [5.74, 6) is 0.139. The van der Waals surface area contributed by atoms with Crippen molar-refractivity contribution in [3.05, 3.63) is 35.4 Å². The van der Waals surface area contributed by atoms with Gasteiger partial charge in [-0.25, -0.2) is 0 Å². The van der Waals surface area contributed by atoms with Crippen LogP contribution in [0, 0.1) is 5.92 Å². The van der Waals surface area contributed by atoms with Crippen molar-refractivity contribution in [2.75, 3.05) is 13.1 Å². The minimum absolute atomic E-state index is 0.395. The van der Waals surface area contributed by atoms with Gasteiger partial charge in [-0.05, 0) is 36.5 Å². The van der Waals surface area contributed by atoms with Crippen LogP contribution in [-0.2, 0) is 6.54 Å². The molecule has 0 atom stereocenters. The van der Waals surface area contributed by atoms with Crippen LogP contribution in [-0.4, -0.2) is 34.6 Å². The summed E-state index contributed by atoms with van der Waals surface area (Å²) < 4.78 is 0. The van der Waals surface area contributed by atoms with Crippen LogP contribution in [0.4, 0.5) is 0 Å². The number of carbonyl (C=O) groups is 1. The average molecular weight is 246 g/mol. The van der Waals surface area contributed by atoms with Gasteiger partial charge < -0.3 is 10.8 Å². The minimum atomic E-state index is -0.423. The molecule has 96 valence electrons. The first-order valence-corrected chi connectivity index (χ1v) is 6.40. The molecule has 1 heterocycles. The van der Waals surface area contributed by atoms with Crippen molar-refractivity contribution < 1.29 is 9.90 Å². The van der Waals surface area contributed by atoms with Gasteiger partial charge >= 0.3 is 0 Å². The van der Waals surface area contributed by atoms with Gasteiger partial charge in [-0.15, -0.1) is 0 Å². The first-order chi connectivity index (χ1) is 8.57. The molecule has 0 radical (unpaired) electrons. The molecule has 1 aliphatic heterocycles. The summed E-state index contributed by atoms with van der Waals surface area (Å²) in [6, 6.07) is 7.36. The van der Waals surface area contributed by atoms with Crippen molar-refractivity contribution in [1.29, 1.82) is 0 Å². The van der Waals surface area contributed by atoms with E-state index in [0.29, 0.717) is 11.5 Å². The Labute approximate surface area is 106 Å². The van der Waals surface area contributed by atoms with E-state index in [4.69, 9.17) is 5.73 Å². The Kier molecular flexibility index (Phi) is 2.64. The van der Waals surface area contributed by atoms with Crippen LogP contribution < -0.4 is 5.73 Å². The van der Waals surface area contributed by atoms with Crippen molar-refractivity contribution in [2.24, 2.45) is 11.7 Å². The van der Waals surface area contributed by atoms with Crippen LogP contribution in [0.25, 0.3) is 0 Å². The normalized spacial score (nSPS) is 22.5. The zero-order valence-corrected chi connectivity index (χ0v) is 10.3. The highest BCUT2D eigenvalue weighted by molar-refractivity contribution is 5.92. The summed E-state index contributed by atoms with van der Waals surface area (Å²) in [6.45, 7) is 2.37. The highest BCUT2D eigenvalue weighted by Crippen LogP contribution is 2.44. The second-order valence-electron chi connectivity index (χ2n) is 5.58. The molecule has 1 aliphatic carbocycles. The second kappa shape index (κ2) is 4.07. The van der Waals surface area contributed by atoms with E-state index >= 15 is 0 Å². The maximum atomic E-state index is 10.9. The molecule has 1 aromatic carbocycles. The van der Waals surface area contributed by atoms with Gasteiger partial charge in [0.25, 0.3) is 0 Å². The molecule has 0 aromatic heterocycles. The Bertz CT molecular complexity index is 459. The molecular weight excluding hydrogens is 228 g/mol. The molecule has 1 amide bonds. The third kappa shape index (κ3) is 2.13. The van der Waals surface area contributed by atoms with Gasteiger partial charge in [-0.3, -0.25) is 9.69 Å². The smallest absolute Gasteiger partial charge is 0.248 e. The Morgan fingerprint density at radius 1 is 1.33 bits per heavy atom. The molecule has 1 saturated heterocycles. The lowest BCUT2D eigenvalue weighted by atomic mass is 9.88. The fourth-order valence-corrected chi connectivity index (χ4v) is 2.75. The number of primary amides is 1. The summed E-state index contributed by atoms with van der Waals surface area (Å²) in [6.07, 6.45) is 2.36. The fourth-order valence-electron chi connectivity index (χ4n) is 2.75. The third-order valence-corrected chi connectivity index (χ3v) is 3.98. The van der Waals surface area contributed by atoms with Gasteiger partial charge in [0.05, 0.1) is 5.60 Å². The second-order valence-corrected chi connectivity index (χ2v) is 5.58. The average Bonchev–Trinajstić information content (AvgIpc) is 3.11. The van der Waals surface area contributed by atoms with Gasteiger partial charge in [0.15, 0.2) is 0 Å². The number of hydrogen-bond donors (Lipinski definition) is 2. The molecule has 4 nitrogen and oxygen atoms in total. The Balaban J connectivity index is 1.56. The number of aliphatic hydroxyl groups is 1. The highest BCUT2D eigenvalue weighted by atomic mass is 16.3. The quantitative estimate of drug-likeness (QED) is 0.823. The summed E-state index contributed by atoms with van der Waals surface area (Å²) in [4.78, 5) is 13.2. The standard InChI is InChI=1S/C14H18N2O2/c15-13(17)11-3-1-10(2-4-11)7-16-8-14(18,9-16)12-5-6-12/h1-4,12,18H,5-9H2,(H2,15,17). The number of nitrogens with two attached hydrogens (primary N) is 1. The van der Waals surface area contributed by atoms with Gasteiger partial charge in [-0.1, -0.05) is 12.1 Å². The van der Waals surface area contributed by atoms with Crippen LogP contribution in [0.1, 0.15) is 28.8 Å². The molecule has 2 aliphatic rings.